The molecule has 5 heteroatoms. The Morgan fingerprint density at radius 3 is 2.45 bits per heavy atom. The fourth-order valence-corrected chi connectivity index (χ4v) is 4.01. The number of hydrogen-bond donors (Lipinski definition) is 1. The third-order valence-electron chi connectivity index (χ3n) is 2.51. The van der Waals surface area contributed by atoms with Crippen molar-refractivity contribution in [2.24, 2.45) is 0 Å². The first kappa shape index (κ1) is 16.1. The molecule has 106 valence electrons. The van der Waals surface area contributed by atoms with Crippen molar-refractivity contribution in [1.29, 1.82) is 0 Å². The quantitative estimate of drug-likeness (QED) is 0.723. The molecule has 0 bridgehead atoms. The summed E-state index contributed by atoms with van der Waals surface area (Å²) in [7, 11) is 0. The molecule has 2 rings (SSSR count). The first-order valence-electron chi connectivity index (χ1n) is 6.09. The molecule has 0 amide bonds. The van der Waals surface area contributed by atoms with E-state index in [0.717, 1.165) is 19.8 Å². The van der Waals surface area contributed by atoms with Crippen molar-refractivity contribution in [2.75, 3.05) is 11.5 Å². The molecular formula is C15H14Cl2OS2. The van der Waals surface area contributed by atoms with E-state index >= 15 is 0 Å². The van der Waals surface area contributed by atoms with Gasteiger partial charge in [0, 0.05) is 26.3 Å². The zero-order chi connectivity index (χ0) is 14.4. The van der Waals surface area contributed by atoms with Crippen LogP contribution in [-0.2, 0) is 0 Å². The van der Waals surface area contributed by atoms with Crippen LogP contribution >= 0.6 is 46.7 Å². The zero-order valence-corrected chi connectivity index (χ0v) is 13.8. The van der Waals surface area contributed by atoms with Crippen molar-refractivity contribution in [3.05, 3.63) is 58.6 Å². The smallest absolute Gasteiger partial charge is 0.0727 e. The molecule has 2 aromatic carbocycles. The summed E-state index contributed by atoms with van der Waals surface area (Å²) in [4.78, 5) is 2.07. The van der Waals surface area contributed by atoms with E-state index in [9.17, 15) is 5.11 Å². The lowest BCUT2D eigenvalue weighted by atomic mass is 10.4. The second-order valence-corrected chi connectivity index (χ2v) is 7.16. The Hall–Kier alpha value is -0.320. The lowest BCUT2D eigenvalue weighted by Crippen LogP contribution is -2.12. The predicted molar refractivity (Wildman–Crippen MR) is 90.4 cm³/mol. The van der Waals surface area contributed by atoms with E-state index in [-0.39, 0.29) is 6.10 Å². The van der Waals surface area contributed by atoms with Crippen LogP contribution in [-0.4, -0.2) is 22.7 Å². The summed E-state index contributed by atoms with van der Waals surface area (Å²) in [5.74, 6) is 1.26. The van der Waals surface area contributed by atoms with E-state index in [0.29, 0.717) is 11.5 Å². The average molecular weight is 345 g/mol. The van der Waals surface area contributed by atoms with Gasteiger partial charge in [-0.05, 0) is 30.3 Å². The van der Waals surface area contributed by atoms with Crippen molar-refractivity contribution in [3.63, 3.8) is 0 Å². The number of benzene rings is 2. The molecule has 0 saturated heterocycles. The van der Waals surface area contributed by atoms with E-state index in [2.05, 4.69) is 0 Å². The van der Waals surface area contributed by atoms with Crippen LogP contribution in [0.3, 0.4) is 0 Å². The topological polar surface area (TPSA) is 20.2 Å². The summed E-state index contributed by atoms with van der Waals surface area (Å²) in [6.45, 7) is 0. The molecular weight excluding hydrogens is 331 g/mol. The molecule has 1 atom stereocenters. The Balaban J connectivity index is 1.78. The average Bonchev–Trinajstić information content (AvgIpc) is 2.44. The second-order valence-electron chi connectivity index (χ2n) is 4.16. The van der Waals surface area contributed by atoms with Crippen molar-refractivity contribution >= 4 is 46.7 Å². The molecule has 0 fully saturated rings. The Morgan fingerprint density at radius 2 is 1.70 bits per heavy atom. The van der Waals surface area contributed by atoms with E-state index in [1.54, 1.807) is 23.5 Å². The van der Waals surface area contributed by atoms with Crippen LogP contribution in [0, 0.1) is 0 Å². The SMILES string of the molecule is OC(CSc1cccc(Cl)c1)CSc1ccccc1Cl. The number of thioether (sulfide) groups is 2. The van der Waals surface area contributed by atoms with Crippen LogP contribution in [0.25, 0.3) is 0 Å². The van der Waals surface area contributed by atoms with Gasteiger partial charge < -0.3 is 5.11 Å². The zero-order valence-electron chi connectivity index (χ0n) is 10.6. The van der Waals surface area contributed by atoms with E-state index in [1.165, 1.54) is 0 Å². The van der Waals surface area contributed by atoms with Gasteiger partial charge in [-0.3, -0.25) is 0 Å². The maximum absolute atomic E-state index is 10.0. The van der Waals surface area contributed by atoms with Gasteiger partial charge in [-0.15, -0.1) is 23.5 Å². The highest BCUT2D eigenvalue weighted by molar-refractivity contribution is 8.00. The fourth-order valence-electron chi connectivity index (χ4n) is 1.55. The van der Waals surface area contributed by atoms with E-state index < -0.39 is 0 Å². The molecule has 0 heterocycles. The van der Waals surface area contributed by atoms with Gasteiger partial charge in [0.05, 0.1) is 11.1 Å². The molecule has 0 radical (unpaired) electrons. The standard InChI is InChI=1S/C15H14Cl2OS2/c16-11-4-3-5-13(8-11)19-9-12(18)10-20-15-7-2-1-6-14(15)17/h1-8,12,18H,9-10H2. The Morgan fingerprint density at radius 1 is 0.950 bits per heavy atom. The lowest BCUT2D eigenvalue weighted by Gasteiger charge is -2.10. The van der Waals surface area contributed by atoms with Gasteiger partial charge in [0.15, 0.2) is 0 Å². The molecule has 0 aliphatic rings. The first-order chi connectivity index (χ1) is 9.65. The first-order valence-corrected chi connectivity index (χ1v) is 8.81. The maximum atomic E-state index is 10.0. The summed E-state index contributed by atoms with van der Waals surface area (Å²) in [6, 6.07) is 15.3. The van der Waals surface area contributed by atoms with Gasteiger partial charge in [-0.1, -0.05) is 41.4 Å². The van der Waals surface area contributed by atoms with Crippen LogP contribution in [0.1, 0.15) is 0 Å². The molecule has 1 N–H and O–H groups in total. The van der Waals surface area contributed by atoms with Gasteiger partial charge in [0.1, 0.15) is 0 Å². The Bertz CT molecular complexity index is 563. The number of halogens is 2. The fraction of sp³-hybridized carbons (Fsp3) is 0.200. The highest BCUT2D eigenvalue weighted by Gasteiger charge is 2.08. The van der Waals surface area contributed by atoms with Crippen molar-refractivity contribution < 1.29 is 5.11 Å². The minimum Gasteiger partial charge on any atom is -0.391 e. The van der Waals surface area contributed by atoms with Gasteiger partial charge in [0.2, 0.25) is 0 Å². The molecule has 0 aliphatic carbocycles. The Labute approximate surface area is 137 Å². The van der Waals surface area contributed by atoms with Gasteiger partial charge in [-0.25, -0.2) is 0 Å². The van der Waals surface area contributed by atoms with Crippen molar-refractivity contribution in [2.45, 2.75) is 15.9 Å². The molecule has 20 heavy (non-hydrogen) atoms. The normalized spacial score (nSPS) is 12.3. The minimum absolute atomic E-state index is 0.389. The van der Waals surface area contributed by atoms with E-state index in [1.807, 2.05) is 48.5 Å². The third kappa shape index (κ3) is 5.23. The molecule has 1 nitrogen and oxygen atoms in total. The summed E-state index contributed by atoms with van der Waals surface area (Å²) >= 11 is 15.2. The Kier molecular flexibility index (Phi) is 6.59. The molecule has 0 saturated carbocycles. The van der Waals surface area contributed by atoms with Gasteiger partial charge in [0.25, 0.3) is 0 Å². The summed E-state index contributed by atoms with van der Waals surface area (Å²) in [5.41, 5.74) is 0. The van der Waals surface area contributed by atoms with Crippen LogP contribution in [0.5, 0.6) is 0 Å². The molecule has 1 unspecified atom stereocenters. The molecule has 0 aliphatic heterocycles. The number of aliphatic hydroxyl groups excluding tert-OH is 1. The lowest BCUT2D eigenvalue weighted by molar-refractivity contribution is 0.225. The summed E-state index contributed by atoms with van der Waals surface area (Å²) in [5, 5.41) is 11.5. The minimum atomic E-state index is -0.389. The van der Waals surface area contributed by atoms with Crippen molar-refractivity contribution in [1.82, 2.24) is 0 Å². The van der Waals surface area contributed by atoms with Crippen LogP contribution in [0.2, 0.25) is 10.0 Å². The summed E-state index contributed by atoms with van der Waals surface area (Å²) in [6.07, 6.45) is -0.389. The largest absolute Gasteiger partial charge is 0.391 e. The van der Waals surface area contributed by atoms with E-state index in [4.69, 9.17) is 23.2 Å². The second kappa shape index (κ2) is 8.20. The maximum Gasteiger partial charge on any atom is 0.0727 e. The van der Waals surface area contributed by atoms with Crippen LogP contribution in [0.4, 0.5) is 0 Å². The summed E-state index contributed by atoms with van der Waals surface area (Å²) < 4.78 is 0. The van der Waals surface area contributed by atoms with Crippen LogP contribution in [0.15, 0.2) is 58.3 Å². The van der Waals surface area contributed by atoms with Gasteiger partial charge >= 0.3 is 0 Å². The highest BCUT2D eigenvalue weighted by Crippen LogP contribution is 2.28. The third-order valence-corrected chi connectivity index (χ3v) is 5.54. The number of hydrogen-bond acceptors (Lipinski definition) is 3. The highest BCUT2D eigenvalue weighted by atomic mass is 35.5. The van der Waals surface area contributed by atoms with Gasteiger partial charge in [-0.2, -0.15) is 0 Å². The molecule has 0 aromatic heterocycles. The predicted octanol–water partition coefficient (Wildman–Crippen LogP) is 5.24. The number of rotatable bonds is 6. The van der Waals surface area contributed by atoms with Crippen LogP contribution < -0.4 is 0 Å². The number of aliphatic hydroxyl groups is 1. The molecule has 0 spiro atoms. The van der Waals surface area contributed by atoms with Crippen molar-refractivity contribution in [3.8, 4) is 0 Å². The monoisotopic (exact) mass is 344 g/mol. The molecule has 2 aromatic rings.